The van der Waals surface area contributed by atoms with E-state index in [2.05, 4.69) is 5.32 Å². The van der Waals surface area contributed by atoms with Crippen molar-refractivity contribution in [2.75, 3.05) is 13.7 Å². The van der Waals surface area contributed by atoms with Crippen LogP contribution in [0.4, 0.5) is 0 Å². The minimum atomic E-state index is -2.44. The van der Waals surface area contributed by atoms with Crippen LogP contribution in [0.5, 0.6) is 5.75 Å². The van der Waals surface area contributed by atoms with E-state index in [1.807, 2.05) is 0 Å². The summed E-state index contributed by atoms with van der Waals surface area (Å²) in [7, 11) is 1.41. The maximum Gasteiger partial charge on any atom is 0.338 e. The zero-order valence-electron chi connectivity index (χ0n) is 37.3. The zero-order valence-corrected chi connectivity index (χ0v) is 37.3. The van der Waals surface area contributed by atoms with Crippen LogP contribution >= 0.6 is 0 Å². The number of benzene rings is 3. The van der Waals surface area contributed by atoms with E-state index in [9.17, 15) is 39.3 Å². The molecule has 4 bridgehead atoms. The third-order valence-electron chi connectivity index (χ3n) is 14.6. The molecule has 16 heteroatoms. The average molecular weight is 908 g/mol. The predicted octanol–water partition coefficient (Wildman–Crippen LogP) is 3.84. The van der Waals surface area contributed by atoms with Gasteiger partial charge in [-0.15, -0.1) is 0 Å². The number of hydrogen-bond acceptors (Lipinski definition) is 15. The minimum absolute atomic E-state index is 0.0174. The number of rotatable bonds is 6. The minimum Gasteiger partial charge on any atom is -0.497 e. The standard InChI is InChI=1S/C50H53NO15/c1-26-33-24-50(60)43(65-45(58)30-18-12-19-31(22-30)61-6)41-48(5,42(56)40(63-27(2)52)37(26)47(50,3)4)34(53)23-35-49(41,25-62-35)66-36(54)21-13-17-28-14-10-11-20-32(28)38(39(55)46(59)64-33)51-44(57)29-15-8-7-9-16-29/h7-16,18-22,33-35,38-41,43,53,55,60H,17,23-25H2,1-6H3,(H,51,57)/b21-13+/t33-,34-,35+,38-,39+,40+,41-,43-,48+,49-,50+/m0/s1. The zero-order chi connectivity index (χ0) is 47.5. The van der Waals surface area contributed by atoms with E-state index in [1.54, 1.807) is 80.6 Å². The molecule has 2 aliphatic heterocycles. The van der Waals surface area contributed by atoms with Gasteiger partial charge in [-0.3, -0.25) is 14.4 Å². The summed E-state index contributed by atoms with van der Waals surface area (Å²) < 4.78 is 36.4. The van der Waals surface area contributed by atoms with Crippen molar-refractivity contribution in [2.24, 2.45) is 16.7 Å². The first-order chi connectivity index (χ1) is 31.3. The molecule has 1 amide bonds. The number of nitrogens with one attached hydrogen (secondary N) is 1. The fraction of sp³-hybridized carbons (Fsp3) is 0.440. The summed E-state index contributed by atoms with van der Waals surface area (Å²) >= 11 is 0. The highest BCUT2D eigenvalue weighted by atomic mass is 16.6. The first-order valence-electron chi connectivity index (χ1n) is 21.8. The van der Waals surface area contributed by atoms with Crippen LogP contribution in [0.2, 0.25) is 0 Å². The second kappa shape index (κ2) is 17.2. The lowest BCUT2D eigenvalue weighted by molar-refractivity contribution is -0.345. The van der Waals surface area contributed by atoms with Crippen molar-refractivity contribution in [1.29, 1.82) is 0 Å². The van der Waals surface area contributed by atoms with Crippen LogP contribution in [0.3, 0.4) is 0 Å². The molecule has 4 N–H and O–H groups in total. The smallest absolute Gasteiger partial charge is 0.338 e. The van der Waals surface area contributed by atoms with E-state index in [4.69, 9.17) is 28.4 Å². The quantitative estimate of drug-likeness (QED) is 0.157. The number of aliphatic hydroxyl groups is 3. The SMILES string of the molecule is COc1cccc(C(=O)O[C@H]2[C@@H]3[C@]45CO[C@@H]4C[C@H](O)[C@@]3(C)C(=O)[C@H](OC(C)=O)C3=C(C)[C@H](C[C@]2(O)C3(C)C)OC(=O)[C@H](O)[C@@H](NC(=O)c2ccccc2)c2ccccc2C/C=C/C(=O)O5)c1. The molecule has 3 aromatic rings. The number of allylic oxidation sites excluding steroid dienone is 1. The number of aliphatic hydroxyl groups excluding tert-OH is 2. The fourth-order valence-electron chi connectivity index (χ4n) is 10.9. The fourth-order valence-corrected chi connectivity index (χ4v) is 10.9. The number of fused-ring (bicyclic) bond motifs is 3. The number of carbonyl (C=O) groups is 6. The Morgan fingerprint density at radius 1 is 0.894 bits per heavy atom. The van der Waals surface area contributed by atoms with E-state index in [0.717, 1.165) is 13.0 Å². The summed E-state index contributed by atoms with van der Waals surface area (Å²) in [5, 5.41) is 41.0. The van der Waals surface area contributed by atoms with Crippen molar-refractivity contribution in [3.05, 3.63) is 124 Å². The Labute approximate surface area is 380 Å². The van der Waals surface area contributed by atoms with Gasteiger partial charge < -0.3 is 49.1 Å². The Kier molecular flexibility index (Phi) is 12.1. The van der Waals surface area contributed by atoms with Gasteiger partial charge in [-0.25, -0.2) is 14.4 Å². The number of hydrogen-bond donors (Lipinski definition) is 4. The second-order valence-corrected chi connectivity index (χ2v) is 18.4. The van der Waals surface area contributed by atoms with Gasteiger partial charge in [0.05, 0.1) is 42.8 Å². The number of Topliss-reactive ketones (excluding diaryl/α,β-unsaturated/α-hetero) is 1. The molecule has 3 aliphatic carbocycles. The molecule has 348 valence electrons. The molecule has 3 aromatic carbocycles. The third-order valence-corrected chi connectivity index (χ3v) is 14.6. The van der Waals surface area contributed by atoms with Crippen LogP contribution in [-0.4, -0.2) is 112 Å². The van der Waals surface area contributed by atoms with Gasteiger partial charge in [0.1, 0.15) is 29.7 Å². The molecule has 0 radical (unpaired) electrons. The molecular weight excluding hydrogens is 855 g/mol. The monoisotopic (exact) mass is 907 g/mol. The van der Waals surface area contributed by atoms with Gasteiger partial charge in [-0.05, 0) is 72.9 Å². The van der Waals surface area contributed by atoms with Gasteiger partial charge in [0.15, 0.2) is 23.6 Å². The Morgan fingerprint density at radius 3 is 2.27 bits per heavy atom. The van der Waals surface area contributed by atoms with E-state index >= 15 is 4.79 Å². The Hall–Kier alpha value is -6.20. The summed E-state index contributed by atoms with van der Waals surface area (Å²) in [4.78, 5) is 86.0. The molecule has 11 atom stereocenters. The Morgan fingerprint density at radius 2 is 1.59 bits per heavy atom. The third kappa shape index (κ3) is 7.49. The highest BCUT2D eigenvalue weighted by molar-refractivity contribution is 5.96. The van der Waals surface area contributed by atoms with Gasteiger partial charge in [0.2, 0.25) is 0 Å². The van der Waals surface area contributed by atoms with Gasteiger partial charge in [-0.2, -0.15) is 0 Å². The topological polar surface area (TPSA) is 231 Å². The van der Waals surface area contributed by atoms with Crippen molar-refractivity contribution in [1.82, 2.24) is 5.32 Å². The predicted molar refractivity (Wildman–Crippen MR) is 231 cm³/mol. The number of methoxy groups -OCH3 is 1. The van der Waals surface area contributed by atoms with Crippen LogP contribution in [0, 0.1) is 16.7 Å². The Balaban J connectivity index is 1.37. The highest BCUT2D eigenvalue weighted by Crippen LogP contribution is 2.64. The first-order valence-corrected chi connectivity index (χ1v) is 21.8. The molecular formula is C50H53NO15. The van der Waals surface area contributed by atoms with Crippen LogP contribution in [0.15, 0.2) is 102 Å². The molecule has 1 spiro atoms. The van der Waals surface area contributed by atoms with Crippen molar-refractivity contribution in [3.8, 4) is 5.75 Å². The average Bonchev–Trinajstić information content (AvgIpc) is 3.29. The number of carbonyl (C=O) groups excluding carboxylic acids is 6. The highest BCUT2D eigenvalue weighted by Gasteiger charge is 2.78. The van der Waals surface area contributed by atoms with E-state index < -0.39 is 113 Å². The molecule has 2 saturated carbocycles. The number of esters is 4. The van der Waals surface area contributed by atoms with Gasteiger partial charge in [0, 0.05) is 36.8 Å². The molecule has 66 heavy (non-hydrogen) atoms. The molecule has 16 nitrogen and oxygen atoms in total. The summed E-state index contributed by atoms with van der Waals surface area (Å²) in [6.07, 6.45) is -8.21. The first kappa shape index (κ1) is 46.3. The summed E-state index contributed by atoms with van der Waals surface area (Å²) in [5.74, 6) is -6.88. The number of amides is 1. The normalized spacial score (nSPS) is 34.1. The molecule has 8 rings (SSSR count). The lowest BCUT2D eigenvalue weighted by atomic mass is 9.44. The van der Waals surface area contributed by atoms with E-state index in [0.29, 0.717) is 16.9 Å². The molecule has 0 aromatic heterocycles. The van der Waals surface area contributed by atoms with Crippen LogP contribution < -0.4 is 10.1 Å². The number of ether oxygens (including phenoxy) is 6. The molecule has 1 saturated heterocycles. The lowest BCUT2D eigenvalue weighted by Crippen LogP contribution is -2.82. The maximum atomic E-state index is 15.7. The second-order valence-electron chi connectivity index (χ2n) is 18.4. The molecule has 5 aliphatic rings. The molecule has 3 fully saturated rings. The summed E-state index contributed by atoms with van der Waals surface area (Å²) in [6, 6.07) is 19.4. The van der Waals surface area contributed by atoms with Crippen LogP contribution in [-0.2, 0) is 49.3 Å². The molecule has 2 heterocycles. The maximum absolute atomic E-state index is 15.7. The van der Waals surface area contributed by atoms with Crippen molar-refractivity contribution in [3.63, 3.8) is 0 Å². The Bertz CT molecular complexity index is 2530. The van der Waals surface area contributed by atoms with E-state index in [1.165, 1.54) is 39.2 Å². The van der Waals surface area contributed by atoms with Gasteiger partial charge in [-0.1, -0.05) is 68.5 Å². The van der Waals surface area contributed by atoms with Gasteiger partial charge >= 0.3 is 23.9 Å². The summed E-state index contributed by atoms with van der Waals surface area (Å²) in [5.41, 5.74) is -6.95. The van der Waals surface area contributed by atoms with Crippen molar-refractivity contribution < 1.29 is 72.5 Å². The van der Waals surface area contributed by atoms with Gasteiger partial charge in [0.25, 0.3) is 5.91 Å². The van der Waals surface area contributed by atoms with Crippen molar-refractivity contribution in [2.45, 2.75) is 108 Å². The number of ketones is 1. The van der Waals surface area contributed by atoms with E-state index in [-0.39, 0.29) is 41.7 Å². The summed E-state index contributed by atoms with van der Waals surface area (Å²) in [6.45, 7) is 6.76. The lowest BCUT2D eigenvalue weighted by Gasteiger charge is -2.67. The van der Waals surface area contributed by atoms with Crippen LogP contribution in [0.1, 0.15) is 85.3 Å². The van der Waals surface area contributed by atoms with Crippen LogP contribution in [0.25, 0.3) is 0 Å². The van der Waals surface area contributed by atoms with Crippen molar-refractivity contribution >= 4 is 35.6 Å². The largest absolute Gasteiger partial charge is 0.497 e. The molecule has 0 unspecified atom stereocenters.